The highest BCUT2D eigenvalue weighted by atomic mass is 35.5. The molecule has 1 saturated carbocycles. The van der Waals surface area contributed by atoms with Crippen molar-refractivity contribution in [1.82, 2.24) is 0 Å². The Morgan fingerprint density at radius 1 is 1.05 bits per heavy atom. The lowest BCUT2D eigenvalue weighted by molar-refractivity contribution is 0.267. The molecule has 0 spiro atoms. The average Bonchev–Trinajstić information content (AvgIpc) is 2.36. The lowest BCUT2D eigenvalue weighted by Gasteiger charge is -2.32. The van der Waals surface area contributed by atoms with Gasteiger partial charge in [0.2, 0.25) is 0 Å². The van der Waals surface area contributed by atoms with Gasteiger partial charge in [0.25, 0.3) is 0 Å². The molecule has 0 radical (unpaired) electrons. The predicted octanol–water partition coefficient (Wildman–Crippen LogP) is 5.93. The van der Waals surface area contributed by atoms with E-state index in [0.717, 1.165) is 33.1 Å². The van der Waals surface area contributed by atoms with Gasteiger partial charge in [0.05, 0.1) is 10.7 Å². The Morgan fingerprint density at radius 2 is 1.68 bits per heavy atom. The monoisotopic (exact) mass is 299 g/mol. The van der Waals surface area contributed by atoms with E-state index in [1.807, 2.05) is 19.1 Å². The zero-order valence-corrected chi connectivity index (χ0v) is 13.5. The van der Waals surface area contributed by atoms with Crippen LogP contribution in [0.5, 0.6) is 0 Å². The van der Waals surface area contributed by atoms with Crippen LogP contribution in [0.15, 0.2) is 12.1 Å². The fraction of sp³-hybridized carbons (Fsp3) is 0.625. The van der Waals surface area contributed by atoms with E-state index in [9.17, 15) is 0 Å². The van der Waals surface area contributed by atoms with Gasteiger partial charge in [-0.1, -0.05) is 37.0 Å². The van der Waals surface area contributed by atoms with Crippen LogP contribution >= 0.6 is 23.2 Å². The molecular formula is C16H23Cl2N. The molecule has 3 heteroatoms. The molecule has 0 saturated heterocycles. The molecule has 1 aliphatic carbocycles. The number of benzene rings is 1. The molecule has 2 rings (SSSR count). The molecule has 1 fully saturated rings. The first-order valence-electron chi connectivity index (χ1n) is 7.19. The lowest BCUT2D eigenvalue weighted by Crippen LogP contribution is -2.28. The molecule has 0 atom stereocenters. The second-order valence-electron chi connectivity index (χ2n) is 6.08. The smallest absolute Gasteiger partial charge is 0.0641 e. The van der Waals surface area contributed by atoms with E-state index in [1.165, 1.54) is 25.7 Å². The van der Waals surface area contributed by atoms with Crippen LogP contribution in [0.4, 0.5) is 5.69 Å². The summed E-state index contributed by atoms with van der Waals surface area (Å²) >= 11 is 12.4. The molecule has 1 aromatic carbocycles. The molecule has 1 aromatic rings. The molecular weight excluding hydrogens is 277 g/mol. The van der Waals surface area contributed by atoms with Crippen molar-refractivity contribution in [2.24, 2.45) is 11.8 Å². The zero-order valence-electron chi connectivity index (χ0n) is 12.0. The molecule has 1 aliphatic rings. The third-order valence-electron chi connectivity index (χ3n) is 4.32. The number of hydrogen-bond donors (Lipinski definition) is 1. The number of halogens is 2. The van der Waals surface area contributed by atoms with Crippen LogP contribution in [0, 0.1) is 18.8 Å². The van der Waals surface area contributed by atoms with Gasteiger partial charge in [0.1, 0.15) is 0 Å². The van der Waals surface area contributed by atoms with Crippen LogP contribution < -0.4 is 5.32 Å². The van der Waals surface area contributed by atoms with Crippen LogP contribution in [0.25, 0.3) is 0 Å². The van der Waals surface area contributed by atoms with Crippen molar-refractivity contribution in [3.05, 3.63) is 27.7 Å². The van der Waals surface area contributed by atoms with Crippen LogP contribution in [-0.4, -0.2) is 6.04 Å². The van der Waals surface area contributed by atoms with Crippen molar-refractivity contribution in [2.75, 3.05) is 5.32 Å². The Hall–Kier alpha value is -0.400. The van der Waals surface area contributed by atoms with E-state index in [1.54, 1.807) is 0 Å². The summed E-state index contributed by atoms with van der Waals surface area (Å²) in [4.78, 5) is 0. The van der Waals surface area contributed by atoms with Crippen LogP contribution in [0.1, 0.15) is 45.1 Å². The Kier molecular flexibility index (Phi) is 5.03. The molecule has 1 nitrogen and oxygen atoms in total. The minimum atomic E-state index is 0.534. The van der Waals surface area contributed by atoms with Crippen molar-refractivity contribution >= 4 is 28.9 Å². The highest BCUT2D eigenvalue weighted by Gasteiger charge is 2.23. The number of aryl methyl sites for hydroxylation is 1. The summed E-state index contributed by atoms with van der Waals surface area (Å²) in [5, 5.41) is 5.11. The summed E-state index contributed by atoms with van der Waals surface area (Å²) in [6.45, 7) is 6.63. The van der Waals surface area contributed by atoms with Gasteiger partial charge >= 0.3 is 0 Å². The van der Waals surface area contributed by atoms with Crippen molar-refractivity contribution in [1.29, 1.82) is 0 Å². The van der Waals surface area contributed by atoms with E-state index in [4.69, 9.17) is 23.2 Å². The Balaban J connectivity index is 1.98. The Morgan fingerprint density at radius 3 is 2.26 bits per heavy atom. The summed E-state index contributed by atoms with van der Waals surface area (Å²) in [6.07, 6.45) is 5.08. The van der Waals surface area contributed by atoms with Gasteiger partial charge in [-0.2, -0.15) is 0 Å². The fourth-order valence-corrected chi connectivity index (χ4v) is 3.34. The molecule has 19 heavy (non-hydrogen) atoms. The Bertz CT molecular complexity index is 435. The van der Waals surface area contributed by atoms with Crippen LogP contribution in [0.2, 0.25) is 10.0 Å². The van der Waals surface area contributed by atoms with Crippen molar-refractivity contribution in [3.63, 3.8) is 0 Å². The van der Waals surface area contributed by atoms with E-state index in [-0.39, 0.29) is 0 Å². The number of nitrogens with one attached hydrogen (secondary N) is 1. The molecule has 106 valence electrons. The normalized spacial score (nSPS) is 23.7. The van der Waals surface area contributed by atoms with Gasteiger partial charge in [-0.05, 0) is 62.1 Å². The molecule has 0 heterocycles. The third-order valence-corrected chi connectivity index (χ3v) is 5.04. The van der Waals surface area contributed by atoms with E-state index in [0.29, 0.717) is 6.04 Å². The average molecular weight is 300 g/mol. The van der Waals surface area contributed by atoms with Gasteiger partial charge in [-0.25, -0.2) is 0 Å². The topological polar surface area (TPSA) is 12.0 Å². The first-order chi connectivity index (χ1) is 8.97. The maximum atomic E-state index is 6.28. The highest BCUT2D eigenvalue weighted by molar-refractivity contribution is 6.35. The maximum absolute atomic E-state index is 6.28. The number of anilines is 1. The SMILES string of the molecule is Cc1cc(Cl)c(NC2CCC(C(C)C)CC2)cc1Cl. The zero-order chi connectivity index (χ0) is 14.0. The maximum Gasteiger partial charge on any atom is 0.0641 e. The fourth-order valence-electron chi connectivity index (χ4n) is 2.91. The first kappa shape index (κ1) is 15.0. The minimum absolute atomic E-state index is 0.534. The van der Waals surface area contributed by atoms with Crippen molar-refractivity contribution in [3.8, 4) is 0 Å². The summed E-state index contributed by atoms with van der Waals surface area (Å²) in [6, 6.07) is 4.42. The van der Waals surface area contributed by atoms with E-state index in [2.05, 4.69) is 19.2 Å². The minimum Gasteiger partial charge on any atom is -0.381 e. The van der Waals surface area contributed by atoms with Gasteiger partial charge in [-0.3, -0.25) is 0 Å². The van der Waals surface area contributed by atoms with Gasteiger partial charge < -0.3 is 5.32 Å². The van der Waals surface area contributed by atoms with Crippen molar-refractivity contribution in [2.45, 2.75) is 52.5 Å². The lowest BCUT2D eigenvalue weighted by atomic mass is 9.79. The standard InChI is InChI=1S/C16H23Cl2N/c1-10(2)12-4-6-13(7-5-12)19-16-9-14(17)11(3)8-15(16)18/h8-10,12-13,19H,4-7H2,1-3H3. The Labute approximate surface area is 126 Å². The summed E-state index contributed by atoms with van der Waals surface area (Å²) in [5.74, 6) is 1.69. The van der Waals surface area contributed by atoms with E-state index < -0.39 is 0 Å². The summed E-state index contributed by atoms with van der Waals surface area (Å²) < 4.78 is 0. The molecule has 1 N–H and O–H groups in total. The molecule has 0 unspecified atom stereocenters. The van der Waals surface area contributed by atoms with E-state index >= 15 is 0 Å². The van der Waals surface area contributed by atoms with Crippen LogP contribution in [0.3, 0.4) is 0 Å². The third kappa shape index (κ3) is 3.79. The molecule has 0 bridgehead atoms. The second kappa shape index (κ2) is 6.37. The van der Waals surface area contributed by atoms with Crippen molar-refractivity contribution < 1.29 is 0 Å². The largest absolute Gasteiger partial charge is 0.381 e. The van der Waals surface area contributed by atoms with Gasteiger partial charge in [-0.15, -0.1) is 0 Å². The molecule has 0 aromatic heterocycles. The molecule has 0 aliphatic heterocycles. The quantitative estimate of drug-likeness (QED) is 0.729. The second-order valence-corrected chi connectivity index (χ2v) is 6.90. The van der Waals surface area contributed by atoms with Gasteiger partial charge in [0.15, 0.2) is 0 Å². The van der Waals surface area contributed by atoms with Gasteiger partial charge in [0, 0.05) is 11.1 Å². The summed E-state index contributed by atoms with van der Waals surface area (Å²) in [5.41, 5.74) is 2.01. The summed E-state index contributed by atoms with van der Waals surface area (Å²) in [7, 11) is 0. The highest BCUT2D eigenvalue weighted by Crippen LogP contribution is 2.34. The molecule has 0 amide bonds. The van der Waals surface area contributed by atoms with Crippen LogP contribution in [-0.2, 0) is 0 Å². The first-order valence-corrected chi connectivity index (χ1v) is 7.95. The predicted molar refractivity (Wildman–Crippen MR) is 85.4 cm³/mol. The number of hydrogen-bond acceptors (Lipinski definition) is 1. The number of rotatable bonds is 3.